The van der Waals surface area contributed by atoms with Gasteiger partial charge < -0.3 is 4.18 Å². The molecule has 9 heteroatoms. The van der Waals surface area contributed by atoms with Gasteiger partial charge in [-0.05, 0) is 65.4 Å². The molecule has 3 aromatic rings. The number of imide groups is 1. The van der Waals surface area contributed by atoms with Gasteiger partial charge in [0.1, 0.15) is 10.6 Å². The molecule has 6 nitrogen and oxygen atoms in total. The van der Waals surface area contributed by atoms with Gasteiger partial charge in [-0.15, -0.1) is 0 Å². The topological polar surface area (TPSA) is 80.8 Å². The van der Waals surface area contributed by atoms with Crippen LogP contribution in [-0.2, 0) is 21.5 Å². The third-order valence-corrected chi connectivity index (χ3v) is 7.24. The standard InChI is InChI=1S/C23H16BrNO5S2/c24-18-10-6-17(7-11-18)15-25-22(26)21(31-23(25)27)14-16-8-12-19(13-9-16)30-32(28,29)20-4-2-1-3-5-20/h1-14H,15H2/b21-14-. The van der Waals surface area contributed by atoms with Crippen molar-refractivity contribution in [3.63, 3.8) is 0 Å². The summed E-state index contributed by atoms with van der Waals surface area (Å²) < 4.78 is 30.7. The Bertz CT molecular complexity index is 1290. The normalized spacial score (nSPS) is 15.4. The summed E-state index contributed by atoms with van der Waals surface area (Å²) in [5.41, 5.74) is 1.49. The molecule has 32 heavy (non-hydrogen) atoms. The smallest absolute Gasteiger partial charge is 0.339 e. The van der Waals surface area contributed by atoms with Gasteiger partial charge in [-0.1, -0.05) is 58.4 Å². The molecule has 162 valence electrons. The molecule has 1 aliphatic rings. The maximum Gasteiger partial charge on any atom is 0.339 e. The number of hydrogen-bond donors (Lipinski definition) is 0. The fraction of sp³-hybridized carbons (Fsp3) is 0.0435. The van der Waals surface area contributed by atoms with Crippen molar-refractivity contribution in [3.05, 3.63) is 99.4 Å². The molecule has 3 aromatic carbocycles. The number of carbonyl (C=O) groups excluding carboxylic acids is 2. The van der Waals surface area contributed by atoms with Gasteiger partial charge >= 0.3 is 10.1 Å². The van der Waals surface area contributed by atoms with Crippen LogP contribution >= 0.6 is 27.7 Å². The molecule has 1 fully saturated rings. The predicted octanol–water partition coefficient (Wildman–Crippen LogP) is 5.45. The summed E-state index contributed by atoms with van der Waals surface area (Å²) in [7, 11) is -3.93. The lowest BCUT2D eigenvalue weighted by atomic mass is 10.2. The summed E-state index contributed by atoms with van der Waals surface area (Å²) >= 11 is 4.23. The maximum absolute atomic E-state index is 12.7. The zero-order valence-corrected chi connectivity index (χ0v) is 19.7. The highest BCUT2D eigenvalue weighted by atomic mass is 79.9. The minimum atomic E-state index is -3.93. The largest absolute Gasteiger partial charge is 0.379 e. The van der Waals surface area contributed by atoms with Gasteiger partial charge in [0.2, 0.25) is 0 Å². The average Bonchev–Trinajstić information content (AvgIpc) is 3.04. The van der Waals surface area contributed by atoms with Gasteiger partial charge in [0, 0.05) is 4.47 Å². The van der Waals surface area contributed by atoms with Gasteiger partial charge in [0.25, 0.3) is 11.1 Å². The molecule has 1 heterocycles. The molecule has 0 N–H and O–H groups in total. The van der Waals surface area contributed by atoms with Crippen molar-refractivity contribution < 1.29 is 22.2 Å². The first-order valence-electron chi connectivity index (χ1n) is 9.41. The van der Waals surface area contributed by atoms with Crippen LogP contribution in [0, 0.1) is 0 Å². The van der Waals surface area contributed by atoms with Crippen molar-refractivity contribution in [1.29, 1.82) is 0 Å². The Morgan fingerprint density at radius 3 is 2.22 bits per heavy atom. The van der Waals surface area contributed by atoms with E-state index in [1.54, 1.807) is 36.4 Å². The first-order valence-corrected chi connectivity index (χ1v) is 12.4. The van der Waals surface area contributed by atoms with Crippen LogP contribution in [0.3, 0.4) is 0 Å². The zero-order valence-electron chi connectivity index (χ0n) is 16.5. The van der Waals surface area contributed by atoms with Gasteiger partial charge in [0.05, 0.1) is 11.4 Å². The van der Waals surface area contributed by atoms with Crippen LogP contribution in [0.5, 0.6) is 5.75 Å². The summed E-state index contributed by atoms with van der Waals surface area (Å²) in [6, 6.07) is 21.5. The number of halogens is 1. The Labute approximate surface area is 198 Å². The number of hydrogen-bond acceptors (Lipinski definition) is 6. The van der Waals surface area contributed by atoms with Crippen molar-refractivity contribution in [2.75, 3.05) is 0 Å². The Hall–Kier alpha value is -2.88. The summed E-state index contributed by atoms with van der Waals surface area (Å²) in [6.07, 6.45) is 1.60. The van der Waals surface area contributed by atoms with E-state index in [2.05, 4.69) is 15.9 Å². The van der Waals surface area contributed by atoms with E-state index in [9.17, 15) is 18.0 Å². The maximum atomic E-state index is 12.7. The van der Waals surface area contributed by atoms with E-state index in [4.69, 9.17) is 4.18 Å². The van der Waals surface area contributed by atoms with Crippen LogP contribution in [-0.4, -0.2) is 24.5 Å². The second-order valence-corrected chi connectivity index (χ2v) is 10.3. The molecule has 0 radical (unpaired) electrons. The third-order valence-electron chi connectivity index (χ3n) is 4.54. The third kappa shape index (κ3) is 5.12. The van der Waals surface area contributed by atoms with Gasteiger partial charge in [-0.25, -0.2) is 0 Å². The monoisotopic (exact) mass is 529 g/mol. The minimum Gasteiger partial charge on any atom is -0.379 e. The number of nitrogens with zero attached hydrogens (tertiary/aromatic N) is 1. The molecule has 2 amide bonds. The van der Waals surface area contributed by atoms with Gasteiger partial charge in [-0.3, -0.25) is 14.5 Å². The first kappa shape index (κ1) is 22.3. The molecule has 1 saturated heterocycles. The number of rotatable bonds is 6. The number of thioether (sulfide) groups is 1. The highest BCUT2D eigenvalue weighted by Crippen LogP contribution is 2.33. The molecule has 0 saturated carbocycles. The second kappa shape index (κ2) is 9.32. The SMILES string of the molecule is O=C1S/C(=C\c2ccc(OS(=O)(=O)c3ccccc3)cc2)C(=O)N1Cc1ccc(Br)cc1. The van der Waals surface area contributed by atoms with E-state index in [0.29, 0.717) is 10.5 Å². The molecular weight excluding hydrogens is 514 g/mol. The fourth-order valence-electron chi connectivity index (χ4n) is 2.94. The molecule has 1 aliphatic heterocycles. The zero-order chi connectivity index (χ0) is 22.7. The Balaban J connectivity index is 1.46. The molecular formula is C23H16BrNO5S2. The predicted molar refractivity (Wildman–Crippen MR) is 126 cm³/mol. The molecule has 0 bridgehead atoms. The van der Waals surface area contributed by atoms with Crippen LogP contribution < -0.4 is 4.18 Å². The first-order chi connectivity index (χ1) is 15.3. The van der Waals surface area contributed by atoms with E-state index in [1.165, 1.54) is 29.2 Å². The van der Waals surface area contributed by atoms with Crippen molar-refractivity contribution >= 4 is 55.0 Å². The van der Waals surface area contributed by atoms with E-state index in [-0.39, 0.29) is 28.3 Å². The van der Waals surface area contributed by atoms with Crippen LogP contribution in [0.25, 0.3) is 6.08 Å². The lowest BCUT2D eigenvalue weighted by molar-refractivity contribution is -0.123. The summed E-state index contributed by atoms with van der Waals surface area (Å²) in [5, 5.41) is -0.335. The van der Waals surface area contributed by atoms with Crippen molar-refractivity contribution in [3.8, 4) is 5.75 Å². The van der Waals surface area contributed by atoms with Crippen LogP contribution in [0.2, 0.25) is 0 Å². The van der Waals surface area contributed by atoms with Crippen molar-refractivity contribution in [1.82, 2.24) is 4.90 Å². The quantitative estimate of drug-likeness (QED) is 0.311. The highest BCUT2D eigenvalue weighted by Gasteiger charge is 2.34. The van der Waals surface area contributed by atoms with E-state index in [0.717, 1.165) is 21.8 Å². The lowest BCUT2D eigenvalue weighted by Gasteiger charge is -2.12. The molecule has 0 aliphatic carbocycles. The Kier molecular flexibility index (Phi) is 6.50. The van der Waals surface area contributed by atoms with E-state index < -0.39 is 10.1 Å². The molecule has 0 aromatic heterocycles. The summed E-state index contributed by atoms with van der Waals surface area (Å²) in [5.74, 6) is -0.218. The van der Waals surface area contributed by atoms with E-state index in [1.807, 2.05) is 24.3 Å². The van der Waals surface area contributed by atoms with E-state index >= 15 is 0 Å². The molecule has 0 atom stereocenters. The number of benzene rings is 3. The highest BCUT2D eigenvalue weighted by molar-refractivity contribution is 9.10. The molecule has 0 spiro atoms. The lowest BCUT2D eigenvalue weighted by Crippen LogP contribution is -2.27. The minimum absolute atomic E-state index is 0.0588. The van der Waals surface area contributed by atoms with Crippen LogP contribution in [0.4, 0.5) is 4.79 Å². The molecule has 4 rings (SSSR count). The van der Waals surface area contributed by atoms with Crippen molar-refractivity contribution in [2.24, 2.45) is 0 Å². The summed E-state index contributed by atoms with van der Waals surface area (Å²) in [4.78, 5) is 26.6. The van der Waals surface area contributed by atoms with Gasteiger partial charge in [-0.2, -0.15) is 8.42 Å². The summed E-state index contributed by atoms with van der Waals surface area (Å²) in [6.45, 7) is 0.194. The van der Waals surface area contributed by atoms with Gasteiger partial charge in [0.15, 0.2) is 0 Å². The second-order valence-electron chi connectivity index (χ2n) is 6.81. The van der Waals surface area contributed by atoms with Crippen LogP contribution in [0.15, 0.2) is 93.1 Å². The number of carbonyl (C=O) groups is 2. The number of amides is 2. The Morgan fingerprint density at radius 2 is 1.56 bits per heavy atom. The Morgan fingerprint density at radius 1 is 0.906 bits per heavy atom. The molecule has 0 unspecified atom stereocenters. The van der Waals surface area contributed by atoms with Crippen LogP contribution in [0.1, 0.15) is 11.1 Å². The van der Waals surface area contributed by atoms with Crippen molar-refractivity contribution in [2.45, 2.75) is 11.4 Å². The fourth-order valence-corrected chi connectivity index (χ4v) is 5.00. The average molecular weight is 530 g/mol.